The van der Waals surface area contributed by atoms with Crippen LogP contribution in [0.5, 0.6) is 5.75 Å². The van der Waals surface area contributed by atoms with Crippen LogP contribution in [0.3, 0.4) is 0 Å². The molecular formula is C10H13NO2. The molecule has 1 amide bonds. The number of benzene rings is 1. The first-order chi connectivity index (χ1) is 6.15. The van der Waals surface area contributed by atoms with E-state index in [0.717, 1.165) is 5.56 Å². The van der Waals surface area contributed by atoms with E-state index in [1.54, 1.807) is 24.3 Å². The Labute approximate surface area is 77.2 Å². The number of nitrogens with two attached hydrogens (primary N) is 1. The van der Waals surface area contributed by atoms with E-state index >= 15 is 0 Å². The minimum Gasteiger partial charge on any atom is -0.508 e. The third-order valence-corrected chi connectivity index (χ3v) is 2.05. The zero-order chi connectivity index (χ0) is 9.84. The van der Waals surface area contributed by atoms with E-state index in [-0.39, 0.29) is 17.6 Å². The summed E-state index contributed by atoms with van der Waals surface area (Å²) >= 11 is 0. The molecule has 0 radical (unpaired) electrons. The molecule has 3 nitrogen and oxygen atoms in total. The van der Waals surface area contributed by atoms with Crippen LogP contribution >= 0.6 is 0 Å². The van der Waals surface area contributed by atoms with E-state index < -0.39 is 0 Å². The molecule has 1 unspecified atom stereocenters. The van der Waals surface area contributed by atoms with Crippen molar-refractivity contribution in [3.8, 4) is 5.75 Å². The van der Waals surface area contributed by atoms with Crippen molar-refractivity contribution in [1.29, 1.82) is 0 Å². The Kier molecular flexibility index (Phi) is 2.90. The van der Waals surface area contributed by atoms with Gasteiger partial charge in [-0.3, -0.25) is 4.79 Å². The summed E-state index contributed by atoms with van der Waals surface area (Å²) in [6, 6.07) is 6.55. The van der Waals surface area contributed by atoms with Crippen LogP contribution in [0.1, 0.15) is 24.8 Å². The number of hydrogen-bond acceptors (Lipinski definition) is 2. The molecule has 70 valence electrons. The molecule has 0 spiro atoms. The van der Waals surface area contributed by atoms with Gasteiger partial charge in [0.25, 0.3) is 0 Å². The highest BCUT2D eigenvalue weighted by molar-refractivity contribution is 5.81. The number of hydrogen-bond donors (Lipinski definition) is 2. The molecule has 3 N–H and O–H groups in total. The third kappa shape index (κ3) is 2.21. The van der Waals surface area contributed by atoms with Crippen LogP contribution in [0, 0.1) is 0 Å². The van der Waals surface area contributed by atoms with Crippen molar-refractivity contribution in [1.82, 2.24) is 0 Å². The summed E-state index contributed by atoms with van der Waals surface area (Å²) in [7, 11) is 0. The highest BCUT2D eigenvalue weighted by Crippen LogP contribution is 2.20. The molecule has 1 atom stereocenters. The minimum atomic E-state index is -0.326. The Hall–Kier alpha value is -1.51. The first-order valence-electron chi connectivity index (χ1n) is 4.23. The fourth-order valence-electron chi connectivity index (χ4n) is 1.31. The Morgan fingerprint density at radius 1 is 1.46 bits per heavy atom. The summed E-state index contributed by atoms with van der Waals surface area (Å²) in [5.74, 6) is -0.378. The average Bonchev–Trinajstić information content (AvgIpc) is 2.09. The van der Waals surface area contributed by atoms with Crippen LogP contribution in [0.15, 0.2) is 24.3 Å². The van der Waals surface area contributed by atoms with Crippen molar-refractivity contribution in [3.05, 3.63) is 29.8 Å². The first-order valence-corrected chi connectivity index (χ1v) is 4.23. The van der Waals surface area contributed by atoms with E-state index in [1.807, 2.05) is 6.92 Å². The summed E-state index contributed by atoms with van der Waals surface area (Å²) in [5.41, 5.74) is 6.07. The van der Waals surface area contributed by atoms with E-state index in [4.69, 9.17) is 10.8 Å². The summed E-state index contributed by atoms with van der Waals surface area (Å²) < 4.78 is 0. The van der Waals surface area contributed by atoms with Gasteiger partial charge >= 0.3 is 0 Å². The van der Waals surface area contributed by atoms with Crippen LogP contribution in [0.25, 0.3) is 0 Å². The largest absolute Gasteiger partial charge is 0.508 e. The fourth-order valence-corrected chi connectivity index (χ4v) is 1.31. The topological polar surface area (TPSA) is 63.3 Å². The van der Waals surface area contributed by atoms with Crippen molar-refractivity contribution >= 4 is 5.91 Å². The predicted octanol–water partition coefficient (Wildman–Crippen LogP) is 1.37. The lowest BCUT2D eigenvalue weighted by molar-refractivity contribution is -0.119. The molecular weight excluding hydrogens is 166 g/mol. The van der Waals surface area contributed by atoms with Gasteiger partial charge in [-0.05, 0) is 24.1 Å². The quantitative estimate of drug-likeness (QED) is 0.736. The molecule has 0 heterocycles. The molecule has 1 aromatic rings. The van der Waals surface area contributed by atoms with Crippen LogP contribution < -0.4 is 5.73 Å². The van der Waals surface area contributed by atoms with Gasteiger partial charge < -0.3 is 10.8 Å². The van der Waals surface area contributed by atoms with E-state index in [1.165, 1.54) is 0 Å². The van der Waals surface area contributed by atoms with Gasteiger partial charge in [0.05, 0.1) is 5.92 Å². The molecule has 3 heteroatoms. The summed E-state index contributed by atoms with van der Waals surface area (Å²) in [6.45, 7) is 1.91. The predicted molar refractivity (Wildman–Crippen MR) is 50.3 cm³/mol. The van der Waals surface area contributed by atoms with Crippen molar-refractivity contribution in [2.45, 2.75) is 19.3 Å². The van der Waals surface area contributed by atoms with Crippen LogP contribution in [0.4, 0.5) is 0 Å². The minimum absolute atomic E-state index is 0.197. The Morgan fingerprint density at radius 3 is 2.38 bits per heavy atom. The van der Waals surface area contributed by atoms with Crippen molar-refractivity contribution in [3.63, 3.8) is 0 Å². The lowest BCUT2D eigenvalue weighted by Gasteiger charge is -2.10. The molecule has 13 heavy (non-hydrogen) atoms. The number of aromatic hydroxyl groups is 1. The molecule has 0 saturated carbocycles. The Bertz CT molecular complexity index is 292. The SMILES string of the molecule is CCC(C(N)=O)c1ccc(O)cc1. The summed E-state index contributed by atoms with van der Waals surface area (Å²) in [5, 5.41) is 9.03. The third-order valence-electron chi connectivity index (χ3n) is 2.05. The highest BCUT2D eigenvalue weighted by atomic mass is 16.3. The van der Waals surface area contributed by atoms with Crippen molar-refractivity contribution in [2.24, 2.45) is 5.73 Å². The Morgan fingerprint density at radius 2 is 2.00 bits per heavy atom. The molecule has 0 saturated heterocycles. The van der Waals surface area contributed by atoms with E-state index in [2.05, 4.69) is 0 Å². The average molecular weight is 179 g/mol. The maximum atomic E-state index is 11.0. The van der Waals surface area contributed by atoms with Gasteiger partial charge in [0, 0.05) is 0 Å². The molecule has 0 aliphatic rings. The lowest BCUT2D eigenvalue weighted by atomic mass is 9.96. The Balaban J connectivity index is 2.92. The van der Waals surface area contributed by atoms with Gasteiger partial charge in [0.15, 0.2) is 0 Å². The second-order valence-electron chi connectivity index (χ2n) is 2.95. The lowest BCUT2D eigenvalue weighted by Crippen LogP contribution is -2.20. The number of carbonyl (C=O) groups excluding carboxylic acids is 1. The maximum absolute atomic E-state index is 11.0. The number of primary amides is 1. The van der Waals surface area contributed by atoms with Crippen LogP contribution in [-0.4, -0.2) is 11.0 Å². The molecule has 1 rings (SSSR count). The zero-order valence-electron chi connectivity index (χ0n) is 7.53. The van der Waals surface area contributed by atoms with E-state index in [0.29, 0.717) is 6.42 Å². The van der Waals surface area contributed by atoms with Gasteiger partial charge in [-0.2, -0.15) is 0 Å². The number of phenolic OH excluding ortho intramolecular Hbond substituents is 1. The molecule has 0 bridgehead atoms. The zero-order valence-corrected chi connectivity index (χ0v) is 7.53. The van der Waals surface area contributed by atoms with Gasteiger partial charge in [0.1, 0.15) is 5.75 Å². The molecule has 0 aromatic heterocycles. The molecule has 0 fully saturated rings. The molecule has 1 aromatic carbocycles. The standard InChI is InChI=1S/C10H13NO2/c1-2-9(10(11)13)7-3-5-8(12)6-4-7/h3-6,9,12H,2H2,1H3,(H2,11,13). The second-order valence-corrected chi connectivity index (χ2v) is 2.95. The molecule has 0 aliphatic heterocycles. The van der Waals surface area contributed by atoms with E-state index in [9.17, 15) is 4.79 Å². The van der Waals surface area contributed by atoms with Gasteiger partial charge in [-0.25, -0.2) is 0 Å². The van der Waals surface area contributed by atoms with Gasteiger partial charge in [-0.1, -0.05) is 19.1 Å². The molecule has 0 aliphatic carbocycles. The summed E-state index contributed by atoms with van der Waals surface area (Å²) in [6.07, 6.45) is 0.681. The van der Waals surface area contributed by atoms with Gasteiger partial charge in [0.2, 0.25) is 5.91 Å². The van der Waals surface area contributed by atoms with Crippen molar-refractivity contribution in [2.75, 3.05) is 0 Å². The number of amides is 1. The fraction of sp³-hybridized carbons (Fsp3) is 0.300. The highest BCUT2D eigenvalue weighted by Gasteiger charge is 2.14. The maximum Gasteiger partial charge on any atom is 0.224 e. The number of carbonyl (C=O) groups is 1. The van der Waals surface area contributed by atoms with Gasteiger partial charge in [-0.15, -0.1) is 0 Å². The number of phenols is 1. The van der Waals surface area contributed by atoms with Crippen molar-refractivity contribution < 1.29 is 9.90 Å². The normalized spacial score (nSPS) is 12.4. The summed E-state index contributed by atoms with van der Waals surface area (Å²) in [4.78, 5) is 11.0. The van der Waals surface area contributed by atoms with Crippen LogP contribution in [-0.2, 0) is 4.79 Å². The van der Waals surface area contributed by atoms with Crippen LogP contribution in [0.2, 0.25) is 0 Å². The monoisotopic (exact) mass is 179 g/mol. The second kappa shape index (κ2) is 3.94. The number of rotatable bonds is 3. The first kappa shape index (κ1) is 9.58. The smallest absolute Gasteiger partial charge is 0.224 e.